The average Bonchev–Trinajstić information content (AvgIpc) is 2.32. The molecule has 0 aliphatic heterocycles. The van der Waals surface area contributed by atoms with E-state index in [9.17, 15) is 0 Å². The number of thiocarbonyl (C=S) groups is 1. The fourth-order valence-electron chi connectivity index (χ4n) is 1.52. The topological polar surface area (TPSA) is 38.0 Å². The molecular formula is C13H10BrIN2S. The van der Waals surface area contributed by atoms with Crippen LogP contribution < -0.4 is 11.1 Å². The summed E-state index contributed by atoms with van der Waals surface area (Å²) in [5.41, 5.74) is 8.46. The number of anilines is 2. The summed E-state index contributed by atoms with van der Waals surface area (Å²) in [7, 11) is 0. The van der Waals surface area contributed by atoms with E-state index in [1.807, 2.05) is 42.5 Å². The standard InChI is InChI=1S/C13H10BrIN2S/c14-8-1-6-11(13(16)18)12(7-8)17-10-4-2-9(15)3-5-10/h1-7,17H,(H2,16,18). The number of rotatable bonds is 3. The normalized spacial score (nSPS) is 10.1. The van der Waals surface area contributed by atoms with Crippen LogP contribution in [-0.4, -0.2) is 4.99 Å². The van der Waals surface area contributed by atoms with E-state index in [1.165, 1.54) is 3.57 Å². The average molecular weight is 433 g/mol. The van der Waals surface area contributed by atoms with Crippen molar-refractivity contribution in [3.8, 4) is 0 Å². The minimum atomic E-state index is 0.385. The molecule has 2 rings (SSSR count). The first kappa shape index (κ1) is 13.8. The van der Waals surface area contributed by atoms with Gasteiger partial charge in [-0.1, -0.05) is 28.1 Å². The van der Waals surface area contributed by atoms with Crippen LogP contribution in [0.25, 0.3) is 0 Å². The van der Waals surface area contributed by atoms with Crippen LogP contribution in [0.5, 0.6) is 0 Å². The number of halogens is 2. The Morgan fingerprint density at radius 1 is 1.17 bits per heavy atom. The molecule has 92 valence electrons. The van der Waals surface area contributed by atoms with Gasteiger partial charge >= 0.3 is 0 Å². The Balaban J connectivity index is 2.35. The Morgan fingerprint density at radius 3 is 2.44 bits per heavy atom. The summed E-state index contributed by atoms with van der Waals surface area (Å²) in [6.45, 7) is 0. The molecule has 2 nitrogen and oxygen atoms in total. The highest BCUT2D eigenvalue weighted by Crippen LogP contribution is 2.25. The van der Waals surface area contributed by atoms with Crippen molar-refractivity contribution in [2.45, 2.75) is 0 Å². The van der Waals surface area contributed by atoms with Crippen molar-refractivity contribution in [1.82, 2.24) is 0 Å². The monoisotopic (exact) mass is 432 g/mol. The fourth-order valence-corrected chi connectivity index (χ4v) is 2.42. The van der Waals surface area contributed by atoms with Crippen molar-refractivity contribution in [2.24, 2.45) is 5.73 Å². The fraction of sp³-hybridized carbons (Fsp3) is 0. The van der Waals surface area contributed by atoms with Crippen LogP contribution in [0.15, 0.2) is 46.9 Å². The molecule has 18 heavy (non-hydrogen) atoms. The number of nitrogens with one attached hydrogen (secondary N) is 1. The Kier molecular flexibility index (Phi) is 4.58. The van der Waals surface area contributed by atoms with Crippen LogP contribution in [0.3, 0.4) is 0 Å². The quantitative estimate of drug-likeness (QED) is 0.556. The molecule has 0 aliphatic rings. The van der Waals surface area contributed by atoms with E-state index in [1.54, 1.807) is 0 Å². The first-order chi connectivity index (χ1) is 8.56. The summed E-state index contributed by atoms with van der Waals surface area (Å²) in [6.07, 6.45) is 0. The van der Waals surface area contributed by atoms with Crippen molar-refractivity contribution >= 4 is 67.1 Å². The molecule has 0 aromatic heterocycles. The van der Waals surface area contributed by atoms with Gasteiger partial charge in [0.2, 0.25) is 0 Å². The van der Waals surface area contributed by atoms with Gasteiger partial charge in [-0.3, -0.25) is 0 Å². The van der Waals surface area contributed by atoms with E-state index in [0.717, 1.165) is 21.4 Å². The number of hydrogen-bond donors (Lipinski definition) is 2. The molecule has 0 amide bonds. The molecule has 0 unspecified atom stereocenters. The lowest BCUT2D eigenvalue weighted by Crippen LogP contribution is -2.11. The van der Waals surface area contributed by atoms with E-state index in [0.29, 0.717) is 4.99 Å². The Hall–Kier alpha value is -0.660. The molecule has 0 saturated heterocycles. The predicted molar refractivity (Wildman–Crippen MR) is 92.5 cm³/mol. The summed E-state index contributed by atoms with van der Waals surface area (Å²) < 4.78 is 2.18. The van der Waals surface area contributed by atoms with Gasteiger partial charge in [0.1, 0.15) is 4.99 Å². The summed E-state index contributed by atoms with van der Waals surface area (Å²) in [4.78, 5) is 0.385. The maximum absolute atomic E-state index is 5.72. The molecule has 0 fully saturated rings. The second-order valence-corrected chi connectivity index (χ2v) is 6.29. The summed E-state index contributed by atoms with van der Waals surface area (Å²) in [5.74, 6) is 0. The highest BCUT2D eigenvalue weighted by Gasteiger charge is 2.06. The molecule has 0 radical (unpaired) electrons. The smallest absolute Gasteiger partial charge is 0.106 e. The van der Waals surface area contributed by atoms with Gasteiger partial charge in [0, 0.05) is 25.0 Å². The summed E-state index contributed by atoms with van der Waals surface area (Å²) in [5, 5.41) is 3.32. The second-order valence-electron chi connectivity index (χ2n) is 3.69. The van der Waals surface area contributed by atoms with E-state index >= 15 is 0 Å². The molecule has 3 N–H and O–H groups in total. The molecule has 0 heterocycles. The van der Waals surface area contributed by atoms with Crippen molar-refractivity contribution < 1.29 is 0 Å². The van der Waals surface area contributed by atoms with Gasteiger partial charge in [-0.2, -0.15) is 0 Å². The largest absolute Gasteiger partial charge is 0.389 e. The van der Waals surface area contributed by atoms with Gasteiger partial charge in [0.05, 0.1) is 0 Å². The van der Waals surface area contributed by atoms with Crippen LogP contribution >= 0.6 is 50.7 Å². The maximum Gasteiger partial charge on any atom is 0.106 e. The van der Waals surface area contributed by atoms with E-state index in [2.05, 4.69) is 43.8 Å². The highest BCUT2D eigenvalue weighted by atomic mass is 127. The molecule has 2 aromatic rings. The van der Waals surface area contributed by atoms with Crippen molar-refractivity contribution in [1.29, 1.82) is 0 Å². The highest BCUT2D eigenvalue weighted by molar-refractivity contribution is 14.1. The van der Waals surface area contributed by atoms with Gasteiger partial charge in [-0.25, -0.2) is 0 Å². The van der Waals surface area contributed by atoms with Crippen LogP contribution in [0.2, 0.25) is 0 Å². The third-order valence-corrected chi connectivity index (χ3v) is 3.80. The Morgan fingerprint density at radius 2 is 1.83 bits per heavy atom. The van der Waals surface area contributed by atoms with Crippen LogP contribution in [0.4, 0.5) is 11.4 Å². The predicted octanol–water partition coefficient (Wildman–Crippen LogP) is 4.43. The second kappa shape index (κ2) is 5.99. The van der Waals surface area contributed by atoms with Crippen LogP contribution in [0, 0.1) is 3.57 Å². The third-order valence-electron chi connectivity index (χ3n) is 2.37. The van der Waals surface area contributed by atoms with Gasteiger partial charge in [0.25, 0.3) is 0 Å². The lowest BCUT2D eigenvalue weighted by Gasteiger charge is -2.12. The lowest BCUT2D eigenvalue weighted by molar-refractivity contribution is 1.50. The van der Waals surface area contributed by atoms with E-state index in [4.69, 9.17) is 18.0 Å². The van der Waals surface area contributed by atoms with Crippen molar-refractivity contribution in [2.75, 3.05) is 5.32 Å². The number of hydrogen-bond acceptors (Lipinski definition) is 2. The minimum absolute atomic E-state index is 0.385. The van der Waals surface area contributed by atoms with Crippen molar-refractivity contribution in [3.05, 3.63) is 56.1 Å². The SMILES string of the molecule is NC(=S)c1ccc(Br)cc1Nc1ccc(I)cc1. The third kappa shape index (κ3) is 3.43. The molecule has 0 aliphatic carbocycles. The molecule has 5 heteroatoms. The van der Waals surface area contributed by atoms with Crippen LogP contribution in [-0.2, 0) is 0 Å². The first-order valence-corrected chi connectivity index (χ1v) is 7.46. The molecule has 0 bridgehead atoms. The molecule has 0 spiro atoms. The van der Waals surface area contributed by atoms with Crippen molar-refractivity contribution in [3.63, 3.8) is 0 Å². The zero-order valence-electron chi connectivity index (χ0n) is 9.28. The first-order valence-electron chi connectivity index (χ1n) is 5.18. The van der Waals surface area contributed by atoms with Gasteiger partial charge in [-0.15, -0.1) is 0 Å². The summed E-state index contributed by atoms with van der Waals surface area (Å²) >= 11 is 10.8. The number of nitrogens with two attached hydrogens (primary N) is 1. The van der Waals surface area contributed by atoms with E-state index < -0.39 is 0 Å². The van der Waals surface area contributed by atoms with E-state index in [-0.39, 0.29) is 0 Å². The zero-order valence-corrected chi connectivity index (χ0v) is 13.8. The lowest BCUT2D eigenvalue weighted by atomic mass is 10.1. The summed E-state index contributed by atoms with van der Waals surface area (Å²) in [6, 6.07) is 13.9. The van der Waals surface area contributed by atoms with Gasteiger partial charge in [-0.05, 0) is 65.1 Å². The zero-order chi connectivity index (χ0) is 13.1. The number of benzene rings is 2. The molecular weight excluding hydrogens is 423 g/mol. The van der Waals surface area contributed by atoms with Gasteiger partial charge < -0.3 is 11.1 Å². The minimum Gasteiger partial charge on any atom is -0.389 e. The molecule has 2 aromatic carbocycles. The van der Waals surface area contributed by atoms with Crippen LogP contribution in [0.1, 0.15) is 5.56 Å². The van der Waals surface area contributed by atoms with Gasteiger partial charge in [0.15, 0.2) is 0 Å². The Bertz CT molecular complexity index is 584. The molecule has 0 saturated carbocycles. The Labute approximate surface area is 133 Å². The maximum atomic E-state index is 5.72. The molecule has 0 atom stereocenters.